The average molecular weight is 188 g/mol. The van der Waals surface area contributed by atoms with Gasteiger partial charge in [-0.15, -0.1) is 0 Å². The molecule has 0 heterocycles. The molecule has 0 aliphatic heterocycles. The Kier molecular flexibility index (Phi) is 4.77. The summed E-state index contributed by atoms with van der Waals surface area (Å²) in [7, 11) is 1.71. The van der Waals surface area contributed by atoms with Gasteiger partial charge in [0.25, 0.3) is 0 Å². The maximum absolute atomic E-state index is 11.4. The van der Waals surface area contributed by atoms with E-state index >= 15 is 0 Å². The molecule has 0 saturated heterocycles. The standard InChI is InChI=1S/C9H20N2O2/c1-6-7-11(10-5)8(12)13-9(2,3)4/h10H,6-7H2,1-5H3. The van der Waals surface area contributed by atoms with Gasteiger partial charge < -0.3 is 4.74 Å². The molecule has 0 rings (SSSR count). The van der Waals surface area contributed by atoms with E-state index in [0.29, 0.717) is 6.54 Å². The Balaban J connectivity index is 4.06. The molecule has 0 fully saturated rings. The zero-order valence-corrected chi connectivity index (χ0v) is 9.18. The topological polar surface area (TPSA) is 41.6 Å². The van der Waals surface area contributed by atoms with Crippen LogP contribution in [0.4, 0.5) is 4.79 Å². The molecular formula is C9H20N2O2. The molecule has 0 unspecified atom stereocenters. The molecule has 0 aliphatic rings. The lowest BCUT2D eigenvalue weighted by molar-refractivity contribution is 0.0160. The number of rotatable bonds is 3. The summed E-state index contributed by atoms with van der Waals surface area (Å²) >= 11 is 0. The molecule has 4 nitrogen and oxygen atoms in total. The van der Waals surface area contributed by atoms with Gasteiger partial charge in [0.2, 0.25) is 0 Å². The van der Waals surface area contributed by atoms with Gasteiger partial charge in [-0.2, -0.15) is 0 Å². The summed E-state index contributed by atoms with van der Waals surface area (Å²) in [4.78, 5) is 11.4. The lowest BCUT2D eigenvalue weighted by Gasteiger charge is -2.26. The van der Waals surface area contributed by atoms with Crippen LogP contribution >= 0.6 is 0 Å². The van der Waals surface area contributed by atoms with Crippen LogP contribution in [0.2, 0.25) is 0 Å². The molecule has 0 radical (unpaired) electrons. The van der Waals surface area contributed by atoms with E-state index in [4.69, 9.17) is 4.74 Å². The maximum Gasteiger partial charge on any atom is 0.424 e. The smallest absolute Gasteiger partial charge is 0.424 e. The van der Waals surface area contributed by atoms with Gasteiger partial charge >= 0.3 is 6.09 Å². The molecule has 13 heavy (non-hydrogen) atoms. The van der Waals surface area contributed by atoms with E-state index in [-0.39, 0.29) is 6.09 Å². The fourth-order valence-electron chi connectivity index (χ4n) is 0.835. The molecule has 0 aromatic rings. The summed E-state index contributed by atoms with van der Waals surface area (Å²) in [5.41, 5.74) is 2.35. The quantitative estimate of drug-likeness (QED) is 0.686. The van der Waals surface area contributed by atoms with Crippen molar-refractivity contribution in [3.8, 4) is 0 Å². The summed E-state index contributed by atoms with van der Waals surface area (Å²) in [6.45, 7) is 8.22. The first-order valence-corrected chi connectivity index (χ1v) is 4.58. The Morgan fingerprint density at radius 1 is 1.46 bits per heavy atom. The zero-order chi connectivity index (χ0) is 10.5. The minimum Gasteiger partial charge on any atom is -0.443 e. The normalized spacial score (nSPS) is 11.2. The van der Waals surface area contributed by atoms with Crippen molar-refractivity contribution in [3.63, 3.8) is 0 Å². The van der Waals surface area contributed by atoms with E-state index in [9.17, 15) is 4.79 Å². The van der Waals surface area contributed by atoms with Crippen LogP contribution in [0.25, 0.3) is 0 Å². The van der Waals surface area contributed by atoms with Crippen molar-refractivity contribution in [2.45, 2.75) is 39.7 Å². The van der Waals surface area contributed by atoms with Crippen molar-refractivity contribution < 1.29 is 9.53 Å². The van der Waals surface area contributed by atoms with Gasteiger partial charge in [0.15, 0.2) is 0 Å². The predicted octanol–water partition coefficient (Wildman–Crippen LogP) is 1.77. The van der Waals surface area contributed by atoms with Gasteiger partial charge in [0.1, 0.15) is 5.60 Å². The van der Waals surface area contributed by atoms with Crippen LogP contribution in [0, 0.1) is 0 Å². The molecule has 0 aliphatic carbocycles. The predicted molar refractivity (Wildman–Crippen MR) is 52.3 cm³/mol. The van der Waals surface area contributed by atoms with E-state index in [0.717, 1.165) is 6.42 Å². The van der Waals surface area contributed by atoms with Crippen molar-refractivity contribution in [1.82, 2.24) is 10.4 Å². The van der Waals surface area contributed by atoms with Crippen LogP contribution in [-0.2, 0) is 4.74 Å². The van der Waals surface area contributed by atoms with E-state index < -0.39 is 5.60 Å². The molecule has 0 saturated carbocycles. The van der Waals surface area contributed by atoms with Crippen LogP contribution in [0.1, 0.15) is 34.1 Å². The SMILES string of the molecule is CCCN(NC)C(=O)OC(C)(C)C. The molecule has 78 valence electrons. The van der Waals surface area contributed by atoms with Crippen molar-refractivity contribution >= 4 is 6.09 Å². The number of nitrogens with zero attached hydrogens (tertiary/aromatic N) is 1. The average Bonchev–Trinajstić information content (AvgIpc) is 1.96. The number of carbonyl (C=O) groups is 1. The summed E-state index contributed by atoms with van der Waals surface area (Å²) < 4.78 is 5.17. The second-order valence-electron chi connectivity index (χ2n) is 3.86. The number of amides is 1. The summed E-state index contributed by atoms with van der Waals surface area (Å²) in [6, 6.07) is 0. The van der Waals surface area contributed by atoms with Gasteiger partial charge in [-0.05, 0) is 27.2 Å². The van der Waals surface area contributed by atoms with E-state index in [1.54, 1.807) is 7.05 Å². The van der Waals surface area contributed by atoms with Crippen LogP contribution in [0.3, 0.4) is 0 Å². The van der Waals surface area contributed by atoms with Crippen molar-refractivity contribution in [1.29, 1.82) is 0 Å². The first-order valence-electron chi connectivity index (χ1n) is 4.58. The third kappa shape index (κ3) is 5.47. The number of hydrogen-bond acceptors (Lipinski definition) is 3. The Morgan fingerprint density at radius 2 is 2.00 bits per heavy atom. The minimum atomic E-state index is -0.431. The highest BCUT2D eigenvalue weighted by molar-refractivity contribution is 5.67. The molecule has 1 amide bonds. The Labute approximate surface area is 80.2 Å². The number of nitrogens with one attached hydrogen (secondary N) is 1. The molecule has 0 bridgehead atoms. The zero-order valence-electron chi connectivity index (χ0n) is 9.18. The minimum absolute atomic E-state index is 0.322. The molecular weight excluding hydrogens is 168 g/mol. The van der Waals surface area contributed by atoms with Gasteiger partial charge in [-0.3, -0.25) is 0 Å². The Morgan fingerprint density at radius 3 is 2.31 bits per heavy atom. The Bertz CT molecular complexity index is 163. The molecule has 0 aromatic heterocycles. The lowest BCUT2D eigenvalue weighted by atomic mass is 10.2. The van der Waals surface area contributed by atoms with Gasteiger partial charge in [0.05, 0.1) is 0 Å². The molecule has 0 atom stereocenters. The second kappa shape index (κ2) is 5.07. The van der Waals surface area contributed by atoms with Crippen LogP contribution in [0.15, 0.2) is 0 Å². The van der Waals surface area contributed by atoms with Crippen LogP contribution < -0.4 is 5.43 Å². The van der Waals surface area contributed by atoms with Crippen LogP contribution in [-0.4, -0.2) is 30.3 Å². The Hall–Kier alpha value is -0.770. The molecule has 0 spiro atoms. The first-order chi connectivity index (χ1) is 5.90. The van der Waals surface area contributed by atoms with Crippen molar-refractivity contribution in [3.05, 3.63) is 0 Å². The van der Waals surface area contributed by atoms with E-state index in [1.165, 1.54) is 5.01 Å². The summed E-state index contributed by atoms with van der Waals surface area (Å²) in [5, 5.41) is 1.46. The van der Waals surface area contributed by atoms with Gasteiger partial charge in [-0.1, -0.05) is 6.92 Å². The number of carbonyl (C=O) groups excluding carboxylic acids is 1. The number of hydrazine groups is 1. The third-order valence-electron chi connectivity index (χ3n) is 1.33. The van der Waals surface area contributed by atoms with Crippen LogP contribution in [0.5, 0.6) is 0 Å². The van der Waals surface area contributed by atoms with E-state index in [1.807, 2.05) is 27.7 Å². The van der Waals surface area contributed by atoms with Gasteiger partial charge in [-0.25, -0.2) is 15.2 Å². The number of hydrogen-bond donors (Lipinski definition) is 1. The second-order valence-corrected chi connectivity index (χ2v) is 3.86. The summed E-state index contributed by atoms with van der Waals surface area (Å²) in [6.07, 6.45) is 0.580. The highest BCUT2D eigenvalue weighted by Crippen LogP contribution is 2.08. The maximum atomic E-state index is 11.4. The number of ether oxygens (including phenoxy) is 1. The highest BCUT2D eigenvalue weighted by atomic mass is 16.6. The lowest BCUT2D eigenvalue weighted by Crippen LogP contribution is -2.44. The molecule has 4 heteroatoms. The van der Waals surface area contributed by atoms with Crippen molar-refractivity contribution in [2.24, 2.45) is 0 Å². The monoisotopic (exact) mass is 188 g/mol. The fourth-order valence-corrected chi connectivity index (χ4v) is 0.835. The molecule has 0 aromatic carbocycles. The van der Waals surface area contributed by atoms with Crippen molar-refractivity contribution in [2.75, 3.05) is 13.6 Å². The fraction of sp³-hybridized carbons (Fsp3) is 0.889. The molecule has 1 N–H and O–H groups in total. The van der Waals surface area contributed by atoms with Gasteiger partial charge in [0, 0.05) is 13.6 Å². The largest absolute Gasteiger partial charge is 0.443 e. The third-order valence-corrected chi connectivity index (χ3v) is 1.33. The summed E-state index contributed by atoms with van der Waals surface area (Å²) in [5.74, 6) is 0. The highest BCUT2D eigenvalue weighted by Gasteiger charge is 2.20. The first kappa shape index (κ1) is 12.2. The van der Waals surface area contributed by atoms with E-state index in [2.05, 4.69) is 5.43 Å².